The molecule has 0 saturated heterocycles. The topological polar surface area (TPSA) is 47.9 Å². The molecule has 2 aromatic rings. The van der Waals surface area contributed by atoms with Crippen LogP contribution in [0.15, 0.2) is 59.6 Å². The minimum Gasteiger partial charge on any atom is -0.475 e. The number of carbonyl (C=O) groups is 1. The fourth-order valence-electron chi connectivity index (χ4n) is 2.22. The molecule has 1 aliphatic rings. The molecular weight excluding hydrogens is 266 g/mol. The number of nitrogens with zero attached hydrogens (tertiary/aromatic N) is 1. The molecule has 1 atom stereocenters. The van der Waals surface area contributed by atoms with Crippen LogP contribution >= 0.6 is 0 Å². The number of aliphatic imine (C=N–C) groups is 1. The van der Waals surface area contributed by atoms with Crippen molar-refractivity contribution in [2.75, 3.05) is 13.7 Å². The van der Waals surface area contributed by atoms with Crippen molar-refractivity contribution in [2.45, 2.75) is 6.04 Å². The summed E-state index contributed by atoms with van der Waals surface area (Å²) in [5.74, 6) is 0.121. The number of hydrogen-bond donors (Lipinski definition) is 0. The maximum Gasteiger partial charge on any atom is 0.334 e. The molecule has 4 nitrogen and oxygen atoms in total. The van der Waals surface area contributed by atoms with Crippen LogP contribution in [0.4, 0.5) is 0 Å². The van der Waals surface area contributed by atoms with Gasteiger partial charge in [0.25, 0.3) is 0 Å². The normalized spacial score (nSPS) is 17.0. The van der Waals surface area contributed by atoms with E-state index in [1.54, 1.807) is 0 Å². The highest BCUT2D eigenvalue weighted by molar-refractivity contribution is 5.97. The Morgan fingerprint density at radius 3 is 2.33 bits per heavy atom. The summed E-state index contributed by atoms with van der Waals surface area (Å²) < 4.78 is 10.1. The zero-order valence-electron chi connectivity index (χ0n) is 11.7. The van der Waals surface area contributed by atoms with E-state index in [9.17, 15) is 4.79 Å². The molecule has 0 fully saturated rings. The molecule has 1 aliphatic heterocycles. The van der Waals surface area contributed by atoms with Crippen molar-refractivity contribution in [3.8, 4) is 11.1 Å². The lowest BCUT2D eigenvalue weighted by Crippen LogP contribution is -2.21. The molecule has 0 saturated carbocycles. The molecular formula is C17H15NO3. The first-order chi connectivity index (χ1) is 10.3. The predicted molar refractivity (Wildman–Crippen MR) is 80.2 cm³/mol. The van der Waals surface area contributed by atoms with Crippen LogP contribution in [0.3, 0.4) is 0 Å². The van der Waals surface area contributed by atoms with Gasteiger partial charge in [0.15, 0.2) is 6.04 Å². The Labute approximate surface area is 123 Å². The SMILES string of the molecule is COC(=O)C1COC(c2ccc(-c3ccccc3)cc2)=N1. The van der Waals surface area contributed by atoms with Gasteiger partial charge in [0.05, 0.1) is 7.11 Å². The zero-order valence-corrected chi connectivity index (χ0v) is 11.7. The molecule has 1 unspecified atom stereocenters. The average Bonchev–Trinajstić information content (AvgIpc) is 3.05. The van der Waals surface area contributed by atoms with E-state index in [1.165, 1.54) is 7.11 Å². The second-order valence-corrected chi connectivity index (χ2v) is 4.73. The van der Waals surface area contributed by atoms with E-state index >= 15 is 0 Å². The van der Waals surface area contributed by atoms with Crippen molar-refractivity contribution in [3.63, 3.8) is 0 Å². The van der Waals surface area contributed by atoms with Gasteiger partial charge in [-0.2, -0.15) is 0 Å². The highest BCUT2D eigenvalue weighted by Crippen LogP contribution is 2.21. The van der Waals surface area contributed by atoms with E-state index < -0.39 is 6.04 Å². The average molecular weight is 281 g/mol. The fourth-order valence-corrected chi connectivity index (χ4v) is 2.22. The third-order valence-corrected chi connectivity index (χ3v) is 3.36. The minimum atomic E-state index is -0.557. The summed E-state index contributed by atoms with van der Waals surface area (Å²) in [6.45, 7) is 0.239. The summed E-state index contributed by atoms with van der Waals surface area (Å²) in [5, 5.41) is 0. The van der Waals surface area contributed by atoms with Crippen molar-refractivity contribution in [1.82, 2.24) is 0 Å². The van der Waals surface area contributed by atoms with Gasteiger partial charge in [-0.1, -0.05) is 42.5 Å². The zero-order chi connectivity index (χ0) is 14.7. The highest BCUT2D eigenvalue weighted by atomic mass is 16.5. The van der Waals surface area contributed by atoms with E-state index in [2.05, 4.69) is 21.9 Å². The summed E-state index contributed by atoms with van der Waals surface area (Å²) in [6, 6.07) is 17.5. The molecule has 0 bridgehead atoms. The van der Waals surface area contributed by atoms with Crippen LogP contribution in [0.1, 0.15) is 5.56 Å². The third-order valence-electron chi connectivity index (χ3n) is 3.36. The van der Waals surface area contributed by atoms with Gasteiger partial charge in [-0.25, -0.2) is 9.79 Å². The van der Waals surface area contributed by atoms with Crippen molar-refractivity contribution in [1.29, 1.82) is 0 Å². The van der Waals surface area contributed by atoms with E-state index in [0.29, 0.717) is 5.90 Å². The Morgan fingerprint density at radius 2 is 1.67 bits per heavy atom. The number of benzene rings is 2. The monoisotopic (exact) mass is 281 g/mol. The lowest BCUT2D eigenvalue weighted by Gasteiger charge is -2.04. The van der Waals surface area contributed by atoms with Crippen LogP contribution in [-0.2, 0) is 14.3 Å². The maximum atomic E-state index is 11.4. The molecule has 4 heteroatoms. The molecule has 0 radical (unpaired) electrons. The molecule has 0 spiro atoms. The number of esters is 1. The fraction of sp³-hybridized carbons (Fsp3) is 0.176. The smallest absolute Gasteiger partial charge is 0.334 e. The molecule has 2 aromatic carbocycles. The van der Waals surface area contributed by atoms with Gasteiger partial charge < -0.3 is 9.47 Å². The predicted octanol–water partition coefficient (Wildman–Crippen LogP) is 2.67. The molecule has 0 amide bonds. The van der Waals surface area contributed by atoms with Crippen LogP contribution in [0.2, 0.25) is 0 Å². The van der Waals surface area contributed by atoms with Crippen LogP contribution in [0.25, 0.3) is 11.1 Å². The summed E-state index contributed by atoms with van der Waals surface area (Å²) in [5.41, 5.74) is 3.15. The summed E-state index contributed by atoms with van der Waals surface area (Å²) in [6.07, 6.45) is 0. The largest absolute Gasteiger partial charge is 0.475 e. The number of rotatable bonds is 3. The van der Waals surface area contributed by atoms with Gasteiger partial charge in [-0.15, -0.1) is 0 Å². The van der Waals surface area contributed by atoms with Crippen molar-refractivity contribution >= 4 is 11.9 Å². The molecule has 21 heavy (non-hydrogen) atoms. The maximum absolute atomic E-state index is 11.4. The van der Waals surface area contributed by atoms with Crippen LogP contribution in [0.5, 0.6) is 0 Å². The Morgan fingerprint density at radius 1 is 1.05 bits per heavy atom. The van der Waals surface area contributed by atoms with Gasteiger partial charge in [-0.05, 0) is 23.3 Å². The quantitative estimate of drug-likeness (QED) is 0.813. The lowest BCUT2D eigenvalue weighted by molar-refractivity contribution is -0.142. The molecule has 0 N–H and O–H groups in total. The minimum absolute atomic E-state index is 0.239. The van der Waals surface area contributed by atoms with Crippen LogP contribution in [-0.4, -0.2) is 31.6 Å². The second-order valence-electron chi connectivity index (χ2n) is 4.73. The van der Waals surface area contributed by atoms with Gasteiger partial charge in [0, 0.05) is 5.56 Å². The number of methoxy groups -OCH3 is 1. The Bertz CT molecular complexity index is 662. The van der Waals surface area contributed by atoms with Crippen molar-refractivity contribution in [2.24, 2.45) is 4.99 Å². The van der Waals surface area contributed by atoms with Crippen molar-refractivity contribution < 1.29 is 14.3 Å². The molecule has 0 aromatic heterocycles. The van der Waals surface area contributed by atoms with E-state index in [1.807, 2.05) is 42.5 Å². The van der Waals surface area contributed by atoms with Crippen LogP contribution in [0, 0.1) is 0 Å². The number of ether oxygens (including phenoxy) is 2. The summed E-state index contributed by atoms with van der Waals surface area (Å²) in [7, 11) is 1.35. The molecule has 0 aliphatic carbocycles. The molecule has 3 rings (SSSR count). The van der Waals surface area contributed by atoms with E-state index in [4.69, 9.17) is 4.74 Å². The second kappa shape index (κ2) is 5.79. The van der Waals surface area contributed by atoms with Crippen LogP contribution < -0.4 is 0 Å². The standard InChI is InChI=1S/C17H15NO3/c1-20-17(19)15-11-21-16(18-15)14-9-7-13(8-10-14)12-5-3-2-4-6-12/h2-10,15H,11H2,1H3. The van der Waals surface area contributed by atoms with Crippen molar-refractivity contribution in [3.05, 3.63) is 60.2 Å². The summed E-state index contributed by atoms with van der Waals surface area (Å²) in [4.78, 5) is 15.7. The first-order valence-corrected chi connectivity index (χ1v) is 6.72. The van der Waals surface area contributed by atoms with E-state index in [0.717, 1.165) is 16.7 Å². The number of hydrogen-bond acceptors (Lipinski definition) is 4. The Kier molecular flexibility index (Phi) is 3.69. The van der Waals surface area contributed by atoms with Gasteiger partial charge in [0.1, 0.15) is 6.61 Å². The first-order valence-electron chi connectivity index (χ1n) is 6.72. The third kappa shape index (κ3) is 2.79. The van der Waals surface area contributed by atoms with Gasteiger partial charge in [-0.3, -0.25) is 0 Å². The Balaban J connectivity index is 1.81. The highest BCUT2D eigenvalue weighted by Gasteiger charge is 2.27. The van der Waals surface area contributed by atoms with E-state index in [-0.39, 0.29) is 12.6 Å². The molecule has 106 valence electrons. The Hall–Kier alpha value is -2.62. The van der Waals surface area contributed by atoms with Gasteiger partial charge in [0.2, 0.25) is 5.90 Å². The lowest BCUT2D eigenvalue weighted by atomic mass is 10.0. The summed E-state index contributed by atoms with van der Waals surface area (Å²) >= 11 is 0. The number of carbonyl (C=O) groups excluding carboxylic acids is 1. The molecule has 1 heterocycles. The van der Waals surface area contributed by atoms with Gasteiger partial charge >= 0.3 is 5.97 Å². The first kappa shape index (κ1) is 13.4.